The third-order valence-electron chi connectivity index (χ3n) is 2.95. The van der Waals surface area contributed by atoms with E-state index in [0.29, 0.717) is 16.3 Å². The van der Waals surface area contributed by atoms with Gasteiger partial charge in [-0.15, -0.1) is 0 Å². The SMILES string of the molecule is CC1=NN(C(=O)CC#N)[C@@](O)(c2ccc(Cl)cc2Cl)C1. The lowest BCUT2D eigenvalue weighted by Crippen LogP contribution is -2.43. The van der Waals surface area contributed by atoms with Gasteiger partial charge in [0, 0.05) is 22.7 Å². The van der Waals surface area contributed by atoms with Crippen molar-refractivity contribution in [3.05, 3.63) is 33.8 Å². The van der Waals surface area contributed by atoms with E-state index in [-0.39, 0.29) is 17.9 Å². The lowest BCUT2D eigenvalue weighted by molar-refractivity contribution is -0.156. The Morgan fingerprint density at radius 2 is 2.30 bits per heavy atom. The minimum Gasteiger partial charge on any atom is -0.365 e. The van der Waals surface area contributed by atoms with Gasteiger partial charge in [-0.25, -0.2) is 0 Å². The summed E-state index contributed by atoms with van der Waals surface area (Å²) in [5, 5.41) is 25.0. The van der Waals surface area contributed by atoms with Crippen LogP contribution < -0.4 is 0 Å². The summed E-state index contributed by atoms with van der Waals surface area (Å²) in [6, 6.07) is 6.35. The van der Waals surface area contributed by atoms with Gasteiger partial charge in [-0.3, -0.25) is 4.79 Å². The summed E-state index contributed by atoms with van der Waals surface area (Å²) >= 11 is 11.9. The molecule has 0 fully saturated rings. The Balaban J connectivity index is 2.47. The van der Waals surface area contributed by atoms with Gasteiger partial charge < -0.3 is 5.11 Å². The predicted octanol–water partition coefficient (Wildman–Crippen LogP) is 2.66. The van der Waals surface area contributed by atoms with Crippen LogP contribution in [0, 0.1) is 11.3 Å². The van der Waals surface area contributed by atoms with Crippen LogP contribution in [0.5, 0.6) is 0 Å². The van der Waals surface area contributed by atoms with Gasteiger partial charge >= 0.3 is 0 Å². The quantitative estimate of drug-likeness (QED) is 0.912. The molecule has 1 aliphatic rings. The first-order chi connectivity index (χ1) is 9.38. The molecule has 1 N–H and O–H groups in total. The van der Waals surface area contributed by atoms with Crippen LogP contribution in [0.4, 0.5) is 0 Å². The molecule has 1 aromatic rings. The number of aliphatic hydroxyl groups is 1. The molecule has 20 heavy (non-hydrogen) atoms. The van der Waals surface area contributed by atoms with Crippen LogP contribution in [-0.2, 0) is 10.5 Å². The Morgan fingerprint density at radius 3 is 2.90 bits per heavy atom. The number of amides is 1. The highest BCUT2D eigenvalue weighted by atomic mass is 35.5. The zero-order chi connectivity index (χ0) is 14.9. The summed E-state index contributed by atoms with van der Waals surface area (Å²) in [6.07, 6.45) is -0.240. The number of rotatable bonds is 2. The van der Waals surface area contributed by atoms with Gasteiger partial charge in [0.05, 0.1) is 11.1 Å². The average Bonchev–Trinajstić information content (AvgIpc) is 2.65. The number of hydrogen-bond donors (Lipinski definition) is 1. The maximum atomic E-state index is 11.9. The van der Waals surface area contributed by atoms with Crippen molar-refractivity contribution in [1.82, 2.24) is 5.01 Å². The molecule has 0 radical (unpaired) electrons. The van der Waals surface area contributed by atoms with Crippen molar-refractivity contribution in [3.8, 4) is 6.07 Å². The second-order valence-corrected chi connectivity index (χ2v) is 5.34. The monoisotopic (exact) mass is 311 g/mol. The van der Waals surface area contributed by atoms with E-state index in [2.05, 4.69) is 5.10 Å². The number of hydrogen-bond acceptors (Lipinski definition) is 4. The minimum atomic E-state index is -1.68. The molecule has 1 aromatic carbocycles. The Morgan fingerprint density at radius 1 is 1.60 bits per heavy atom. The van der Waals surface area contributed by atoms with Crippen LogP contribution in [0.25, 0.3) is 0 Å². The van der Waals surface area contributed by atoms with Crippen molar-refractivity contribution in [2.24, 2.45) is 5.10 Å². The molecule has 2 rings (SSSR count). The molecule has 1 aliphatic heterocycles. The molecular formula is C13H11Cl2N3O2. The molecule has 0 saturated heterocycles. The lowest BCUT2D eigenvalue weighted by Gasteiger charge is -2.31. The highest BCUT2D eigenvalue weighted by molar-refractivity contribution is 6.35. The van der Waals surface area contributed by atoms with E-state index in [4.69, 9.17) is 28.5 Å². The van der Waals surface area contributed by atoms with Crippen LogP contribution in [-0.4, -0.2) is 21.7 Å². The van der Waals surface area contributed by atoms with Gasteiger partial charge in [0.1, 0.15) is 6.42 Å². The predicted molar refractivity (Wildman–Crippen MR) is 75.2 cm³/mol. The molecule has 0 spiro atoms. The molecule has 0 saturated carbocycles. The minimum absolute atomic E-state index is 0.130. The Kier molecular flexibility index (Phi) is 4.00. The normalized spacial score (nSPS) is 21.6. The third-order valence-corrected chi connectivity index (χ3v) is 3.50. The number of hydrazone groups is 1. The molecule has 1 amide bonds. The Bertz CT molecular complexity index is 639. The Hall–Kier alpha value is -1.61. The van der Waals surface area contributed by atoms with E-state index in [1.807, 2.05) is 0 Å². The van der Waals surface area contributed by atoms with E-state index in [9.17, 15) is 9.90 Å². The summed E-state index contributed by atoms with van der Waals surface area (Å²) in [6.45, 7) is 1.69. The Labute approximate surface area is 126 Å². The topological polar surface area (TPSA) is 76.7 Å². The van der Waals surface area contributed by atoms with Crippen molar-refractivity contribution in [2.45, 2.75) is 25.5 Å². The summed E-state index contributed by atoms with van der Waals surface area (Å²) in [5.41, 5.74) is -0.778. The first-order valence-corrected chi connectivity index (χ1v) is 6.56. The van der Waals surface area contributed by atoms with Crippen LogP contribution >= 0.6 is 23.2 Å². The van der Waals surface area contributed by atoms with Crippen LogP contribution in [0.2, 0.25) is 10.0 Å². The molecule has 0 unspecified atom stereocenters. The fourth-order valence-corrected chi connectivity index (χ4v) is 2.71. The van der Waals surface area contributed by atoms with Gasteiger partial charge in [0.2, 0.25) is 0 Å². The van der Waals surface area contributed by atoms with Crippen LogP contribution in [0.1, 0.15) is 25.3 Å². The van der Waals surface area contributed by atoms with Crippen LogP contribution in [0.15, 0.2) is 23.3 Å². The van der Waals surface area contributed by atoms with Crippen molar-refractivity contribution >= 4 is 34.8 Å². The van der Waals surface area contributed by atoms with E-state index in [1.165, 1.54) is 6.07 Å². The zero-order valence-electron chi connectivity index (χ0n) is 10.6. The number of nitriles is 1. The summed E-state index contributed by atoms with van der Waals surface area (Å²) < 4.78 is 0. The highest BCUT2D eigenvalue weighted by Crippen LogP contribution is 2.39. The molecule has 1 heterocycles. The fraction of sp³-hybridized carbons (Fsp3) is 0.308. The zero-order valence-corrected chi connectivity index (χ0v) is 12.1. The summed E-state index contributed by atoms with van der Waals surface area (Å²) in [4.78, 5) is 11.9. The molecule has 5 nitrogen and oxygen atoms in total. The summed E-state index contributed by atoms with van der Waals surface area (Å²) in [5.74, 6) is -0.585. The number of carbonyl (C=O) groups is 1. The molecule has 104 valence electrons. The van der Waals surface area contributed by atoms with E-state index in [1.54, 1.807) is 25.1 Å². The molecular weight excluding hydrogens is 301 g/mol. The first kappa shape index (κ1) is 14.8. The average molecular weight is 312 g/mol. The second kappa shape index (κ2) is 5.41. The van der Waals surface area contributed by atoms with E-state index < -0.39 is 11.6 Å². The highest BCUT2D eigenvalue weighted by Gasteiger charge is 2.45. The summed E-state index contributed by atoms with van der Waals surface area (Å²) in [7, 11) is 0. The fourth-order valence-electron chi connectivity index (χ4n) is 2.15. The van der Waals surface area contributed by atoms with Gasteiger partial charge in [-0.1, -0.05) is 29.3 Å². The van der Waals surface area contributed by atoms with Crippen molar-refractivity contribution in [3.63, 3.8) is 0 Å². The molecule has 0 aromatic heterocycles. The van der Waals surface area contributed by atoms with Gasteiger partial charge in [-0.05, 0) is 19.1 Å². The van der Waals surface area contributed by atoms with Crippen molar-refractivity contribution in [1.29, 1.82) is 5.26 Å². The van der Waals surface area contributed by atoms with Gasteiger partial charge in [0.15, 0.2) is 5.72 Å². The molecule has 0 bridgehead atoms. The molecule has 0 aliphatic carbocycles. The van der Waals surface area contributed by atoms with E-state index in [0.717, 1.165) is 5.01 Å². The maximum Gasteiger partial charge on any atom is 0.259 e. The molecule has 1 atom stereocenters. The largest absolute Gasteiger partial charge is 0.365 e. The number of nitrogens with zero attached hydrogens (tertiary/aromatic N) is 3. The smallest absolute Gasteiger partial charge is 0.259 e. The number of carbonyl (C=O) groups excluding carboxylic acids is 1. The molecule has 7 heteroatoms. The number of benzene rings is 1. The number of halogens is 2. The maximum absolute atomic E-state index is 11.9. The van der Waals surface area contributed by atoms with Crippen LogP contribution in [0.3, 0.4) is 0 Å². The first-order valence-electron chi connectivity index (χ1n) is 5.80. The second-order valence-electron chi connectivity index (χ2n) is 4.49. The van der Waals surface area contributed by atoms with Gasteiger partial charge in [-0.2, -0.15) is 15.4 Å². The van der Waals surface area contributed by atoms with Crippen molar-refractivity contribution in [2.75, 3.05) is 0 Å². The third kappa shape index (κ3) is 2.50. The lowest BCUT2D eigenvalue weighted by atomic mass is 9.97. The van der Waals surface area contributed by atoms with E-state index >= 15 is 0 Å². The van der Waals surface area contributed by atoms with Crippen molar-refractivity contribution < 1.29 is 9.90 Å². The van der Waals surface area contributed by atoms with Gasteiger partial charge in [0.25, 0.3) is 5.91 Å². The standard InChI is InChI=1S/C13H11Cl2N3O2/c1-8-7-13(20,18(17-8)12(19)4-5-16)10-3-2-9(14)6-11(10)15/h2-3,6,20H,4,7H2,1H3/t13-/m0/s1.